The molecule has 1 heterocycles. The van der Waals surface area contributed by atoms with E-state index in [1.807, 2.05) is 6.07 Å². The van der Waals surface area contributed by atoms with Crippen LogP contribution in [0.25, 0.3) is 5.69 Å². The summed E-state index contributed by atoms with van der Waals surface area (Å²) in [6, 6.07) is 21.8. The minimum atomic E-state index is -1.04. The molecule has 1 atom stereocenters. The first kappa shape index (κ1) is 33.2. The number of hydrogen-bond acceptors (Lipinski definition) is 9. The van der Waals surface area contributed by atoms with E-state index in [9.17, 15) is 19.5 Å². The number of benzene rings is 4. The quantitative estimate of drug-likeness (QED) is 0.127. The van der Waals surface area contributed by atoms with Crippen molar-refractivity contribution in [3.05, 3.63) is 122 Å². The third kappa shape index (κ3) is 8.17. The fraction of sp³-hybridized carbons (Fsp3) is 0.125. The highest BCUT2D eigenvalue weighted by Crippen LogP contribution is 2.26. The molecule has 0 aliphatic rings. The average molecular weight is 695 g/mol. The highest BCUT2D eigenvalue weighted by atomic mass is 35.5. The van der Waals surface area contributed by atoms with E-state index in [1.54, 1.807) is 66.7 Å². The van der Waals surface area contributed by atoms with Crippen LogP contribution < -0.4 is 16.0 Å². The van der Waals surface area contributed by atoms with Gasteiger partial charge in [-0.25, -0.2) is 4.79 Å². The zero-order chi connectivity index (χ0) is 33.5. The van der Waals surface area contributed by atoms with Crippen molar-refractivity contribution in [3.8, 4) is 11.4 Å². The average Bonchev–Trinajstić information content (AvgIpc) is 3.52. The zero-order valence-electron chi connectivity index (χ0n) is 24.6. The van der Waals surface area contributed by atoms with Gasteiger partial charge in [0, 0.05) is 18.7 Å². The Labute approximate surface area is 283 Å². The number of anilines is 2. The lowest BCUT2D eigenvalue weighted by atomic mass is 10.0. The third-order valence-electron chi connectivity index (χ3n) is 6.91. The number of aromatic nitrogens is 4. The molecule has 5 aromatic rings. The summed E-state index contributed by atoms with van der Waals surface area (Å²) < 4.78 is 6.33. The number of amides is 2. The molecule has 240 valence electrons. The second-order valence-corrected chi connectivity index (χ2v) is 11.3. The van der Waals surface area contributed by atoms with Gasteiger partial charge in [0.1, 0.15) is 11.8 Å². The normalized spacial score (nSPS) is 11.4. The molecular formula is C32H26Cl3N7O5. The van der Waals surface area contributed by atoms with Crippen LogP contribution in [-0.4, -0.2) is 56.2 Å². The lowest BCUT2D eigenvalue weighted by molar-refractivity contribution is -0.142. The molecule has 0 saturated carbocycles. The van der Waals surface area contributed by atoms with Crippen molar-refractivity contribution < 1.29 is 24.2 Å². The van der Waals surface area contributed by atoms with Crippen molar-refractivity contribution >= 4 is 64.2 Å². The molecule has 0 saturated heterocycles. The predicted molar refractivity (Wildman–Crippen MR) is 177 cm³/mol. The number of ether oxygens (including phenoxy) is 1. The molecule has 1 aromatic heterocycles. The highest BCUT2D eigenvalue weighted by Gasteiger charge is 2.24. The van der Waals surface area contributed by atoms with Gasteiger partial charge in [-0.15, -0.1) is 0 Å². The minimum absolute atomic E-state index is 0.0942. The number of halogens is 3. The fourth-order valence-electron chi connectivity index (χ4n) is 4.58. The van der Waals surface area contributed by atoms with Gasteiger partial charge in [0.05, 0.1) is 39.0 Å². The van der Waals surface area contributed by atoms with Gasteiger partial charge in [-0.2, -0.15) is 4.68 Å². The Morgan fingerprint density at radius 2 is 1.60 bits per heavy atom. The van der Waals surface area contributed by atoms with E-state index < -0.39 is 23.8 Å². The number of nitrogens with zero attached hydrogens (tertiary/aromatic N) is 4. The van der Waals surface area contributed by atoms with Crippen LogP contribution in [-0.2, 0) is 22.5 Å². The van der Waals surface area contributed by atoms with Gasteiger partial charge in [0.2, 0.25) is 5.95 Å². The SMILES string of the molecule is COC(=O)C(Cc1ccc(NC(=O)c2c(Cl)cccc2Cl)cc1)NC(=O)c1ccc(-n2nnnc2NCc2cccc(O)c2)cc1Cl. The number of tetrazole rings is 1. The van der Waals surface area contributed by atoms with Crippen LogP contribution >= 0.6 is 34.8 Å². The smallest absolute Gasteiger partial charge is 0.328 e. The van der Waals surface area contributed by atoms with Gasteiger partial charge >= 0.3 is 5.97 Å². The molecule has 4 N–H and O–H groups in total. The third-order valence-corrected chi connectivity index (χ3v) is 7.85. The molecule has 47 heavy (non-hydrogen) atoms. The Kier molecular flexibility index (Phi) is 10.6. The largest absolute Gasteiger partial charge is 0.508 e. The van der Waals surface area contributed by atoms with Crippen LogP contribution in [0.15, 0.2) is 84.9 Å². The molecule has 0 fully saturated rings. The van der Waals surface area contributed by atoms with Gasteiger partial charge in [-0.3, -0.25) is 9.59 Å². The second-order valence-electron chi connectivity index (χ2n) is 10.1. The summed E-state index contributed by atoms with van der Waals surface area (Å²) in [5.41, 5.74) is 2.71. The summed E-state index contributed by atoms with van der Waals surface area (Å²) in [6.07, 6.45) is 0.0948. The van der Waals surface area contributed by atoms with Crippen molar-refractivity contribution in [3.63, 3.8) is 0 Å². The number of carbonyl (C=O) groups excluding carboxylic acids is 3. The van der Waals surface area contributed by atoms with Crippen LogP contribution in [0.4, 0.5) is 11.6 Å². The van der Waals surface area contributed by atoms with Gasteiger partial charge in [0.15, 0.2) is 0 Å². The molecule has 1 unspecified atom stereocenters. The Balaban J connectivity index is 1.24. The molecule has 0 bridgehead atoms. The van der Waals surface area contributed by atoms with Crippen LogP contribution in [0.1, 0.15) is 31.8 Å². The maximum atomic E-state index is 13.3. The number of esters is 1. The van der Waals surface area contributed by atoms with Crippen molar-refractivity contribution in [1.29, 1.82) is 0 Å². The van der Waals surface area contributed by atoms with Crippen LogP contribution in [0.2, 0.25) is 15.1 Å². The highest BCUT2D eigenvalue weighted by molar-refractivity contribution is 6.40. The number of phenols is 1. The Bertz CT molecular complexity index is 1910. The first-order valence-electron chi connectivity index (χ1n) is 14.0. The van der Waals surface area contributed by atoms with Gasteiger partial charge in [-0.05, 0) is 76.2 Å². The molecule has 5 rings (SSSR count). The summed E-state index contributed by atoms with van der Waals surface area (Å²) in [7, 11) is 1.22. The van der Waals surface area contributed by atoms with Gasteiger partial charge < -0.3 is 25.8 Å². The van der Waals surface area contributed by atoms with E-state index in [2.05, 4.69) is 31.5 Å². The lowest BCUT2D eigenvalue weighted by Crippen LogP contribution is -2.43. The number of methoxy groups -OCH3 is 1. The van der Waals surface area contributed by atoms with E-state index in [0.717, 1.165) is 5.56 Å². The molecule has 0 radical (unpaired) electrons. The first-order valence-corrected chi connectivity index (χ1v) is 15.1. The maximum Gasteiger partial charge on any atom is 0.328 e. The minimum Gasteiger partial charge on any atom is -0.508 e. The van der Waals surface area contributed by atoms with E-state index in [4.69, 9.17) is 39.5 Å². The monoisotopic (exact) mass is 693 g/mol. The Morgan fingerprint density at radius 1 is 0.872 bits per heavy atom. The summed E-state index contributed by atoms with van der Waals surface area (Å²) in [5, 5.41) is 30.4. The number of hydrogen-bond donors (Lipinski definition) is 4. The standard InChI is InChI=1S/C32H26Cl3N7O5/c1-47-31(46)27(15-18-8-10-20(11-9-18)37-30(45)28-24(33)6-3-7-25(28)34)38-29(44)23-13-12-21(16-26(23)35)42-32(39-40-41-42)36-17-19-4-2-5-22(43)14-19/h2-14,16,27,43H,15,17H2,1H3,(H,37,45)(H,38,44)(H,36,39,41). The van der Waals surface area contributed by atoms with E-state index in [1.165, 1.54) is 23.9 Å². The predicted octanol–water partition coefficient (Wildman–Crippen LogP) is 5.71. The number of aromatic hydroxyl groups is 1. The van der Waals surface area contributed by atoms with Crippen LogP contribution in [0.3, 0.4) is 0 Å². The second kappa shape index (κ2) is 14.9. The first-order chi connectivity index (χ1) is 22.6. The van der Waals surface area contributed by atoms with Crippen LogP contribution in [0.5, 0.6) is 5.75 Å². The Morgan fingerprint density at radius 3 is 2.28 bits per heavy atom. The molecule has 0 aliphatic heterocycles. The number of phenolic OH excluding ortho intramolecular Hbond substituents is 1. The maximum absolute atomic E-state index is 13.3. The van der Waals surface area contributed by atoms with Gasteiger partial charge in [-0.1, -0.05) is 70.2 Å². The molecule has 2 amide bonds. The molecule has 4 aromatic carbocycles. The number of nitrogens with one attached hydrogen (secondary N) is 3. The van der Waals surface area contributed by atoms with Crippen LogP contribution in [0, 0.1) is 0 Å². The van der Waals surface area contributed by atoms with Gasteiger partial charge in [0.25, 0.3) is 11.8 Å². The number of rotatable bonds is 11. The molecule has 0 aliphatic carbocycles. The van der Waals surface area contributed by atoms with E-state index >= 15 is 0 Å². The van der Waals surface area contributed by atoms with Crippen molar-refractivity contribution in [2.75, 3.05) is 17.7 Å². The van der Waals surface area contributed by atoms with Crippen molar-refractivity contribution in [2.24, 2.45) is 0 Å². The molecule has 15 heteroatoms. The van der Waals surface area contributed by atoms with E-state index in [-0.39, 0.29) is 38.4 Å². The fourth-order valence-corrected chi connectivity index (χ4v) is 5.41. The number of carbonyl (C=O) groups is 3. The van der Waals surface area contributed by atoms with Crippen molar-refractivity contribution in [1.82, 2.24) is 25.5 Å². The summed E-state index contributed by atoms with van der Waals surface area (Å²) in [6.45, 7) is 0.340. The molecule has 12 nitrogen and oxygen atoms in total. The summed E-state index contributed by atoms with van der Waals surface area (Å²) >= 11 is 18.8. The van der Waals surface area contributed by atoms with E-state index in [0.29, 0.717) is 29.4 Å². The zero-order valence-corrected chi connectivity index (χ0v) is 26.8. The molecular weight excluding hydrogens is 669 g/mol. The topological polar surface area (TPSA) is 160 Å². The summed E-state index contributed by atoms with van der Waals surface area (Å²) in [4.78, 5) is 38.6. The Hall–Kier alpha value is -5.17. The summed E-state index contributed by atoms with van der Waals surface area (Å²) in [5.74, 6) is -1.29. The molecule has 0 spiro atoms. The van der Waals surface area contributed by atoms with Crippen molar-refractivity contribution in [2.45, 2.75) is 19.0 Å². The lowest BCUT2D eigenvalue weighted by Gasteiger charge is -2.18.